The van der Waals surface area contributed by atoms with Crippen molar-refractivity contribution >= 4 is 22.3 Å². The number of piperidine rings is 1. The number of carbonyl (C=O) groups is 2. The number of nitrogens with zero attached hydrogens (tertiary/aromatic N) is 1. The Morgan fingerprint density at radius 2 is 1.50 bits per heavy atom. The molecule has 0 bridgehead atoms. The topological polar surface area (TPSA) is 57.6 Å². The quantitative estimate of drug-likeness (QED) is 0.529. The summed E-state index contributed by atoms with van der Waals surface area (Å²) in [5.41, 5.74) is -0.191. The molecule has 1 aliphatic heterocycles. The van der Waals surface area contributed by atoms with E-state index in [9.17, 15) is 14.7 Å². The zero-order valence-electron chi connectivity index (χ0n) is 16.7. The van der Waals surface area contributed by atoms with Crippen molar-refractivity contribution in [2.24, 2.45) is 0 Å². The fraction of sp³-hybridized carbons (Fsp3) is 0.231. The highest BCUT2D eigenvalue weighted by Crippen LogP contribution is 2.47. The van der Waals surface area contributed by atoms with E-state index in [2.05, 4.69) is 0 Å². The molecule has 1 aliphatic carbocycles. The van der Waals surface area contributed by atoms with Gasteiger partial charge in [-0.2, -0.15) is 0 Å². The van der Waals surface area contributed by atoms with Crippen molar-refractivity contribution in [3.8, 4) is 0 Å². The zero-order chi connectivity index (χ0) is 20.7. The number of ketones is 2. The predicted octanol–water partition coefficient (Wildman–Crippen LogP) is 4.23. The first kappa shape index (κ1) is 18.8. The van der Waals surface area contributed by atoms with Crippen LogP contribution in [-0.4, -0.2) is 34.7 Å². The minimum absolute atomic E-state index is 0.124. The van der Waals surface area contributed by atoms with Crippen molar-refractivity contribution < 1.29 is 14.7 Å². The van der Waals surface area contributed by atoms with Gasteiger partial charge in [-0.05, 0) is 41.7 Å². The number of hydrogen-bond acceptors (Lipinski definition) is 4. The molecule has 4 heteroatoms. The van der Waals surface area contributed by atoms with Crippen LogP contribution >= 0.6 is 0 Å². The van der Waals surface area contributed by atoms with Gasteiger partial charge in [-0.25, -0.2) is 0 Å². The van der Waals surface area contributed by atoms with Gasteiger partial charge in [0.25, 0.3) is 0 Å². The van der Waals surface area contributed by atoms with E-state index in [-0.39, 0.29) is 11.4 Å². The highest BCUT2D eigenvalue weighted by atomic mass is 16.3. The molecule has 0 aromatic heterocycles. The maximum atomic E-state index is 13.3. The lowest BCUT2D eigenvalue weighted by atomic mass is 9.68. The molecule has 150 valence electrons. The van der Waals surface area contributed by atoms with E-state index in [1.54, 1.807) is 30.3 Å². The van der Waals surface area contributed by atoms with Gasteiger partial charge in [0.2, 0.25) is 5.78 Å². The summed E-state index contributed by atoms with van der Waals surface area (Å²) in [6, 6.07) is 22.3. The third kappa shape index (κ3) is 2.79. The van der Waals surface area contributed by atoms with Gasteiger partial charge in [-0.3, -0.25) is 9.59 Å². The van der Waals surface area contributed by atoms with Crippen LogP contribution in [0.15, 0.2) is 84.1 Å². The van der Waals surface area contributed by atoms with Crippen LogP contribution in [0.25, 0.3) is 10.8 Å². The second kappa shape index (κ2) is 7.22. The summed E-state index contributed by atoms with van der Waals surface area (Å²) in [7, 11) is 0. The van der Waals surface area contributed by atoms with Crippen LogP contribution in [0, 0.1) is 0 Å². The van der Waals surface area contributed by atoms with Crippen molar-refractivity contribution in [3.63, 3.8) is 0 Å². The molecule has 1 heterocycles. The minimum Gasteiger partial charge on any atom is -0.372 e. The molecular weight excluding hydrogens is 374 g/mol. The molecule has 0 spiro atoms. The Bertz CT molecular complexity index is 1180. The monoisotopic (exact) mass is 397 g/mol. The van der Waals surface area contributed by atoms with Gasteiger partial charge in [0, 0.05) is 18.7 Å². The molecule has 1 N–H and O–H groups in total. The third-order valence-corrected chi connectivity index (χ3v) is 6.24. The first-order chi connectivity index (χ1) is 14.6. The van der Waals surface area contributed by atoms with Crippen molar-refractivity contribution in [2.45, 2.75) is 24.9 Å². The van der Waals surface area contributed by atoms with Crippen molar-refractivity contribution in [2.75, 3.05) is 13.1 Å². The number of aliphatic hydroxyl groups is 1. The van der Waals surface area contributed by atoms with E-state index in [1.165, 1.54) is 0 Å². The Balaban J connectivity index is 1.65. The average Bonchev–Trinajstić information content (AvgIpc) is 2.82. The molecular formula is C26H23NO3. The van der Waals surface area contributed by atoms with Crippen LogP contribution < -0.4 is 0 Å². The normalized spacial score (nSPS) is 21.6. The average molecular weight is 397 g/mol. The molecule has 1 atom stereocenters. The summed E-state index contributed by atoms with van der Waals surface area (Å²) in [4.78, 5) is 28.6. The van der Waals surface area contributed by atoms with Crippen molar-refractivity contribution in [3.05, 3.63) is 95.2 Å². The van der Waals surface area contributed by atoms with E-state index in [1.807, 2.05) is 47.4 Å². The summed E-state index contributed by atoms with van der Waals surface area (Å²) in [5, 5.41) is 13.7. The van der Waals surface area contributed by atoms with Gasteiger partial charge >= 0.3 is 0 Å². The maximum Gasteiger partial charge on any atom is 0.211 e. The van der Waals surface area contributed by atoms with Gasteiger partial charge in [0.05, 0.1) is 11.3 Å². The van der Waals surface area contributed by atoms with Crippen LogP contribution in [0.4, 0.5) is 0 Å². The molecule has 0 amide bonds. The number of benzene rings is 3. The highest BCUT2D eigenvalue weighted by molar-refractivity contribution is 6.34. The van der Waals surface area contributed by atoms with Crippen LogP contribution in [-0.2, 0) is 10.4 Å². The SMILES string of the molecule is O=C(C1=C(N2CCCCC2)C(O)(c2ccc3ccccc3c2)C1=O)c1ccccc1. The Morgan fingerprint density at radius 1 is 0.833 bits per heavy atom. The van der Waals surface area contributed by atoms with Gasteiger partial charge in [0.15, 0.2) is 11.4 Å². The summed E-state index contributed by atoms with van der Waals surface area (Å²) >= 11 is 0. The molecule has 5 rings (SSSR count). The predicted molar refractivity (Wildman–Crippen MR) is 116 cm³/mol. The lowest BCUT2D eigenvalue weighted by molar-refractivity contribution is -0.137. The zero-order valence-corrected chi connectivity index (χ0v) is 16.7. The second-order valence-corrected chi connectivity index (χ2v) is 8.07. The van der Waals surface area contributed by atoms with Crippen molar-refractivity contribution in [1.29, 1.82) is 0 Å². The number of Topliss-reactive ketones (excluding diaryl/α,β-unsaturated/α-hetero) is 2. The summed E-state index contributed by atoms with van der Waals surface area (Å²) < 4.78 is 0. The first-order valence-corrected chi connectivity index (χ1v) is 10.5. The molecule has 1 unspecified atom stereocenters. The third-order valence-electron chi connectivity index (χ3n) is 6.24. The lowest BCUT2D eigenvalue weighted by Gasteiger charge is -2.46. The maximum absolute atomic E-state index is 13.3. The van der Waals surface area contributed by atoms with Gasteiger partial charge in [-0.1, -0.05) is 66.7 Å². The fourth-order valence-corrected chi connectivity index (χ4v) is 4.65. The molecule has 2 aliphatic rings. The van der Waals surface area contributed by atoms with Crippen LogP contribution in [0.3, 0.4) is 0 Å². The molecule has 0 saturated carbocycles. The summed E-state index contributed by atoms with van der Waals surface area (Å²) in [6.07, 6.45) is 3.09. The Labute approximate surface area is 175 Å². The van der Waals surface area contributed by atoms with E-state index < -0.39 is 11.4 Å². The van der Waals surface area contributed by atoms with E-state index in [0.717, 1.165) is 43.1 Å². The fourth-order valence-electron chi connectivity index (χ4n) is 4.65. The number of rotatable bonds is 4. The molecule has 30 heavy (non-hydrogen) atoms. The number of carbonyl (C=O) groups excluding carboxylic acids is 2. The Morgan fingerprint density at radius 3 is 2.23 bits per heavy atom. The molecule has 1 saturated heterocycles. The molecule has 3 aromatic rings. The van der Waals surface area contributed by atoms with E-state index in [0.29, 0.717) is 16.8 Å². The largest absolute Gasteiger partial charge is 0.372 e. The standard InChI is InChI=1S/C26H23NO3/c28-23(19-10-3-1-4-11-19)22-24(27-15-7-2-8-16-27)26(30,25(22)29)21-14-13-18-9-5-6-12-20(18)17-21/h1,3-6,9-14,17,30H,2,7-8,15-16H2. The van der Waals surface area contributed by atoms with Gasteiger partial charge in [-0.15, -0.1) is 0 Å². The molecule has 3 aromatic carbocycles. The highest BCUT2D eigenvalue weighted by Gasteiger charge is 2.58. The van der Waals surface area contributed by atoms with Crippen LogP contribution in [0.2, 0.25) is 0 Å². The Hall–Kier alpha value is -3.24. The van der Waals surface area contributed by atoms with E-state index in [4.69, 9.17) is 0 Å². The van der Waals surface area contributed by atoms with Gasteiger partial charge < -0.3 is 10.0 Å². The van der Waals surface area contributed by atoms with Gasteiger partial charge in [0.1, 0.15) is 0 Å². The minimum atomic E-state index is -1.78. The van der Waals surface area contributed by atoms with Crippen molar-refractivity contribution in [1.82, 2.24) is 4.90 Å². The number of likely N-dealkylation sites (tertiary alicyclic amines) is 1. The van der Waals surface area contributed by atoms with Crippen LogP contribution in [0.5, 0.6) is 0 Å². The number of fused-ring (bicyclic) bond motifs is 1. The molecule has 4 nitrogen and oxygen atoms in total. The molecule has 1 fully saturated rings. The van der Waals surface area contributed by atoms with E-state index >= 15 is 0 Å². The summed E-state index contributed by atoms with van der Waals surface area (Å²) in [5.74, 6) is -0.821. The molecule has 0 radical (unpaired) electrons. The summed E-state index contributed by atoms with van der Waals surface area (Å²) in [6.45, 7) is 1.48. The smallest absolute Gasteiger partial charge is 0.211 e. The Kier molecular flexibility index (Phi) is 4.52. The second-order valence-electron chi connectivity index (χ2n) is 8.07. The lowest BCUT2D eigenvalue weighted by Crippen LogP contribution is -2.56. The number of hydrogen-bond donors (Lipinski definition) is 1. The van der Waals surface area contributed by atoms with Crippen LogP contribution in [0.1, 0.15) is 35.2 Å². The first-order valence-electron chi connectivity index (χ1n) is 10.5.